The number of rotatable bonds is 1. The van der Waals surface area contributed by atoms with Crippen LogP contribution in [0.25, 0.3) is 0 Å². The van der Waals surface area contributed by atoms with Crippen molar-refractivity contribution in [3.63, 3.8) is 0 Å². The van der Waals surface area contributed by atoms with E-state index in [9.17, 15) is 14.7 Å². The molecule has 1 aromatic heterocycles. The van der Waals surface area contributed by atoms with E-state index in [-0.39, 0.29) is 5.82 Å². The molecule has 0 spiro atoms. The third-order valence-electron chi connectivity index (χ3n) is 2.23. The van der Waals surface area contributed by atoms with Crippen LogP contribution in [0.15, 0.2) is 9.79 Å². The number of aromatic carboxylic acids is 1. The summed E-state index contributed by atoms with van der Waals surface area (Å²) in [6, 6.07) is 0. The highest BCUT2D eigenvalue weighted by Crippen LogP contribution is 2.30. The van der Waals surface area contributed by atoms with Crippen molar-refractivity contribution < 1.29 is 15.0 Å². The van der Waals surface area contributed by atoms with Crippen LogP contribution in [0.5, 0.6) is 5.75 Å². The molecule has 6 nitrogen and oxygen atoms in total. The maximum absolute atomic E-state index is 11.3. The maximum Gasteiger partial charge on any atom is 0.345 e. The van der Waals surface area contributed by atoms with Gasteiger partial charge in [0.25, 0.3) is 5.56 Å². The average molecular weight is 208 g/mol. The van der Waals surface area contributed by atoms with Crippen LogP contribution in [0, 0.1) is 0 Å². The summed E-state index contributed by atoms with van der Waals surface area (Å²) in [6.07, 6.45) is 2.70. The number of hydrogen-bond acceptors (Lipinski definition) is 4. The second-order valence-electron chi connectivity index (χ2n) is 3.16. The molecular weight excluding hydrogens is 200 g/mol. The first kappa shape index (κ1) is 9.45. The van der Waals surface area contributed by atoms with Gasteiger partial charge in [-0.3, -0.25) is 4.79 Å². The monoisotopic (exact) mass is 208 g/mol. The highest BCUT2D eigenvalue weighted by molar-refractivity contribution is 5.91. The Hall–Kier alpha value is -2.11. The van der Waals surface area contributed by atoms with Crippen molar-refractivity contribution >= 4 is 18.0 Å². The molecular formula is C9H8N2O4. The lowest BCUT2D eigenvalue weighted by atomic mass is 10.1. The molecule has 0 saturated carbocycles. The van der Waals surface area contributed by atoms with Crippen molar-refractivity contribution in [3.8, 4) is 5.75 Å². The van der Waals surface area contributed by atoms with Crippen molar-refractivity contribution in [1.29, 1.82) is 0 Å². The Labute approximate surface area is 83.9 Å². The standard InChI is InChI=1S/C9H8N2O4/c12-6-4-2-1-3-10-7(4)11-8(13)5(6)9(14)15/h3H,1-2H2,(H,14,15)(H2,11,12,13). The molecule has 0 unspecified atom stereocenters. The van der Waals surface area contributed by atoms with Crippen LogP contribution in [-0.2, 0) is 6.42 Å². The molecule has 0 aromatic carbocycles. The zero-order valence-electron chi connectivity index (χ0n) is 7.65. The lowest BCUT2D eigenvalue weighted by Crippen LogP contribution is -2.19. The van der Waals surface area contributed by atoms with E-state index in [0.717, 1.165) is 0 Å². The number of aromatic nitrogens is 1. The van der Waals surface area contributed by atoms with E-state index in [0.29, 0.717) is 18.4 Å². The molecule has 0 amide bonds. The predicted octanol–water partition coefficient (Wildman–Crippen LogP) is 0.427. The third-order valence-corrected chi connectivity index (χ3v) is 2.23. The fourth-order valence-corrected chi connectivity index (χ4v) is 1.53. The van der Waals surface area contributed by atoms with E-state index in [4.69, 9.17) is 5.11 Å². The van der Waals surface area contributed by atoms with Crippen LogP contribution in [-0.4, -0.2) is 27.4 Å². The van der Waals surface area contributed by atoms with Gasteiger partial charge >= 0.3 is 5.97 Å². The van der Waals surface area contributed by atoms with E-state index in [1.807, 2.05) is 0 Å². The summed E-state index contributed by atoms with van der Waals surface area (Å²) < 4.78 is 0. The Bertz CT molecular complexity index is 516. The second kappa shape index (κ2) is 3.23. The number of aromatic amines is 1. The summed E-state index contributed by atoms with van der Waals surface area (Å²) in [5.41, 5.74) is -1.07. The number of pyridine rings is 1. The number of fused-ring (bicyclic) bond motifs is 1. The average Bonchev–Trinajstić information content (AvgIpc) is 2.17. The number of hydrogen-bond donors (Lipinski definition) is 3. The van der Waals surface area contributed by atoms with E-state index in [2.05, 4.69) is 9.98 Å². The highest BCUT2D eigenvalue weighted by atomic mass is 16.4. The van der Waals surface area contributed by atoms with Gasteiger partial charge in [0.1, 0.15) is 11.6 Å². The van der Waals surface area contributed by atoms with Crippen LogP contribution in [0.1, 0.15) is 22.3 Å². The van der Waals surface area contributed by atoms with E-state index >= 15 is 0 Å². The molecule has 0 saturated heterocycles. The molecule has 2 rings (SSSR count). The van der Waals surface area contributed by atoms with Gasteiger partial charge in [-0.15, -0.1) is 0 Å². The Morgan fingerprint density at radius 3 is 2.93 bits per heavy atom. The Morgan fingerprint density at radius 2 is 2.27 bits per heavy atom. The van der Waals surface area contributed by atoms with Gasteiger partial charge in [-0.2, -0.15) is 0 Å². The lowest BCUT2D eigenvalue weighted by molar-refractivity contribution is 0.0691. The number of aromatic hydroxyl groups is 1. The molecule has 1 aliphatic heterocycles. The van der Waals surface area contributed by atoms with Crippen molar-refractivity contribution in [3.05, 3.63) is 21.5 Å². The quantitative estimate of drug-likeness (QED) is 0.622. The fraction of sp³-hybridized carbons (Fsp3) is 0.222. The minimum Gasteiger partial charge on any atom is -0.506 e. The first-order valence-corrected chi connectivity index (χ1v) is 4.35. The number of aliphatic imine (C=N–C) groups is 1. The maximum atomic E-state index is 11.3. The van der Waals surface area contributed by atoms with Gasteiger partial charge < -0.3 is 15.2 Å². The van der Waals surface area contributed by atoms with Gasteiger partial charge in [-0.1, -0.05) is 0 Å². The summed E-state index contributed by atoms with van der Waals surface area (Å²) in [5, 5.41) is 18.3. The van der Waals surface area contributed by atoms with Gasteiger partial charge in [-0.05, 0) is 12.8 Å². The van der Waals surface area contributed by atoms with E-state index in [1.165, 1.54) is 0 Å². The molecule has 3 N–H and O–H groups in total. The van der Waals surface area contributed by atoms with Crippen LogP contribution in [0.3, 0.4) is 0 Å². The van der Waals surface area contributed by atoms with E-state index < -0.39 is 22.8 Å². The summed E-state index contributed by atoms with van der Waals surface area (Å²) in [5.74, 6) is -1.67. The molecule has 0 atom stereocenters. The van der Waals surface area contributed by atoms with Crippen molar-refractivity contribution in [2.24, 2.45) is 4.99 Å². The van der Waals surface area contributed by atoms with Gasteiger partial charge in [0, 0.05) is 11.8 Å². The van der Waals surface area contributed by atoms with Gasteiger partial charge in [0.2, 0.25) is 0 Å². The minimum atomic E-state index is -1.44. The largest absolute Gasteiger partial charge is 0.506 e. The van der Waals surface area contributed by atoms with Gasteiger partial charge in [0.15, 0.2) is 5.56 Å². The molecule has 78 valence electrons. The molecule has 6 heteroatoms. The minimum absolute atomic E-state index is 0.244. The molecule has 0 radical (unpaired) electrons. The van der Waals surface area contributed by atoms with Crippen LogP contribution in [0.2, 0.25) is 0 Å². The molecule has 0 aliphatic carbocycles. The van der Waals surface area contributed by atoms with Crippen molar-refractivity contribution in [2.45, 2.75) is 12.8 Å². The van der Waals surface area contributed by atoms with Crippen molar-refractivity contribution in [1.82, 2.24) is 4.98 Å². The Morgan fingerprint density at radius 1 is 1.53 bits per heavy atom. The molecule has 1 aromatic rings. The van der Waals surface area contributed by atoms with Crippen LogP contribution < -0.4 is 5.56 Å². The van der Waals surface area contributed by atoms with Gasteiger partial charge in [0.05, 0.1) is 0 Å². The first-order valence-electron chi connectivity index (χ1n) is 4.35. The van der Waals surface area contributed by atoms with Gasteiger partial charge in [-0.25, -0.2) is 9.79 Å². The SMILES string of the molecule is O=C(O)c1c(O)c2c([nH]c1=O)N=CCC2. The topological polar surface area (TPSA) is 103 Å². The number of H-pyrrole nitrogens is 1. The number of carboxylic acids is 1. The number of nitrogens with one attached hydrogen (secondary N) is 1. The van der Waals surface area contributed by atoms with Crippen LogP contribution >= 0.6 is 0 Å². The first-order chi connectivity index (χ1) is 7.11. The number of nitrogens with zero attached hydrogens (tertiary/aromatic N) is 1. The van der Waals surface area contributed by atoms with Crippen LogP contribution in [0.4, 0.5) is 5.82 Å². The third kappa shape index (κ3) is 1.39. The molecule has 15 heavy (non-hydrogen) atoms. The fourth-order valence-electron chi connectivity index (χ4n) is 1.53. The van der Waals surface area contributed by atoms with E-state index in [1.54, 1.807) is 6.21 Å². The smallest absolute Gasteiger partial charge is 0.345 e. The zero-order valence-corrected chi connectivity index (χ0v) is 7.65. The second-order valence-corrected chi connectivity index (χ2v) is 3.16. The summed E-state index contributed by atoms with van der Waals surface area (Å²) in [6.45, 7) is 0. The zero-order chi connectivity index (χ0) is 11.0. The highest BCUT2D eigenvalue weighted by Gasteiger charge is 2.22. The normalized spacial score (nSPS) is 13.6. The van der Waals surface area contributed by atoms with Crippen molar-refractivity contribution in [2.75, 3.05) is 0 Å². The lowest BCUT2D eigenvalue weighted by Gasteiger charge is -2.11. The molecule has 0 bridgehead atoms. The predicted molar refractivity (Wildman–Crippen MR) is 52.2 cm³/mol. The summed E-state index contributed by atoms with van der Waals surface area (Å²) >= 11 is 0. The molecule has 1 aliphatic rings. The summed E-state index contributed by atoms with van der Waals surface area (Å²) in [7, 11) is 0. The summed E-state index contributed by atoms with van der Waals surface area (Å²) in [4.78, 5) is 28.2. The Kier molecular flexibility index (Phi) is 2.03. The Balaban J connectivity index is 2.77. The number of carbonyl (C=O) groups is 1. The molecule has 0 fully saturated rings. The molecule has 2 heterocycles. The number of carboxylic acid groups (broad SMARTS) is 1.